The van der Waals surface area contributed by atoms with E-state index in [-0.39, 0.29) is 12.3 Å². The Morgan fingerprint density at radius 1 is 1.08 bits per heavy atom. The predicted octanol–water partition coefficient (Wildman–Crippen LogP) is 5.58. The van der Waals surface area contributed by atoms with Crippen LogP contribution in [0.5, 0.6) is 0 Å². The summed E-state index contributed by atoms with van der Waals surface area (Å²) in [5.41, 5.74) is 1.60. The maximum atomic E-state index is 13.3. The molecule has 3 rings (SSSR count). The summed E-state index contributed by atoms with van der Waals surface area (Å²) in [5, 5.41) is 5.48. The largest absolute Gasteiger partial charge is 0.302 e. The van der Waals surface area contributed by atoms with Crippen molar-refractivity contribution in [3.05, 3.63) is 69.0 Å². The Kier molecular flexibility index (Phi) is 5.32. The van der Waals surface area contributed by atoms with Gasteiger partial charge in [-0.15, -0.1) is 11.3 Å². The Morgan fingerprint density at radius 2 is 1.88 bits per heavy atom. The lowest BCUT2D eigenvalue weighted by Gasteiger charge is -2.03. The third kappa shape index (κ3) is 4.34. The molecule has 0 unspecified atom stereocenters. The molecule has 25 heavy (non-hydrogen) atoms. The van der Waals surface area contributed by atoms with Gasteiger partial charge in [-0.25, -0.2) is 13.8 Å². The number of benzene rings is 2. The van der Waals surface area contributed by atoms with Crippen molar-refractivity contribution in [2.24, 2.45) is 0 Å². The monoisotopic (exact) mass is 398 g/mol. The second-order valence-electron chi connectivity index (χ2n) is 5.14. The lowest BCUT2D eigenvalue weighted by molar-refractivity contribution is -0.115. The number of hydrogen-bond donors (Lipinski definition) is 1. The molecule has 0 aliphatic heterocycles. The summed E-state index contributed by atoms with van der Waals surface area (Å²) in [6.45, 7) is 0. The molecule has 0 atom stereocenters. The van der Waals surface area contributed by atoms with Crippen molar-refractivity contribution in [1.29, 1.82) is 0 Å². The molecule has 3 nitrogen and oxygen atoms in total. The molecule has 1 aromatic heterocycles. The van der Waals surface area contributed by atoms with Gasteiger partial charge in [0, 0.05) is 10.9 Å². The summed E-state index contributed by atoms with van der Waals surface area (Å²) >= 11 is 13.0. The van der Waals surface area contributed by atoms with Crippen LogP contribution in [0.15, 0.2) is 41.8 Å². The number of carbonyl (C=O) groups excluding carboxylic acids is 1. The molecule has 0 saturated heterocycles. The Balaban J connectivity index is 1.69. The first-order chi connectivity index (χ1) is 11.9. The number of hydrogen-bond acceptors (Lipinski definition) is 3. The molecule has 0 fully saturated rings. The third-order valence-electron chi connectivity index (χ3n) is 3.31. The number of nitrogens with zero attached hydrogens (tertiary/aromatic N) is 1. The SMILES string of the molecule is O=C(Cc1ccc(Cl)c(Cl)c1)Nc1nc(-c2ccc(F)c(F)c2)cs1. The van der Waals surface area contributed by atoms with Crippen molar-refractivity contribution < 1.29 is 13.6 Å². The van der Waals surface area contributed by atoms with Crippen LogP contribution in [-0.4, -0.2) is 10.9 Å². The Bertz CT molecular complexity index is 946. The van der Waals surface area contributed by atoms with Crippen LogP contribution in [0.4, 0.5) is 13.9 Å². The first-order valence-corrected chi connectivity index (χ1v) is 8.70. The van der Waals surface area contributed by atoms with Crippen molar-refractivity contribution in [2.75, 3.05) is 5.32 Å². The van der Waals surface area contributed by atoms with E-state index in [4.69, 9.17) is 23.2 Å². The van der Waals surface area contributed by atoms with Crippen LogP contribution >= 0.6 is 34.5 Å². The molecular weight excluding hydrogens is 389 g/mol. The smallest absolute Gasteiger partial charge is 0.230 e. The van der Waals surface area contributed by atoms with Gasteiger partial charge in [0.2, 0.25) is 5.91 Å². The zero-order valence-electron chi connectivity index (χ0n) is 12.5. The minimum Gasteiger partial charge on any atom is -0.302 e. The standard InChI is InChI=1S/C17H10Cl2F2N2OS/c18-11-3-1-9(5-12(11)19)6-16(24)23-17-22-15(8-25-17)10-2-4-13(20)14(21)7-10/h1-5,7-8H,6H2,(H,22,23,24). The Hall–Kier alpha value is -2.02. The van der Waals surface area contributed by atoms with Crippen LogP contribution < -0.4 is 5.32 Å². The van der Waals surface area contributed by atoms with Gasteiger partial charge in [0.25, 0.3) is 0 Å². The fraction of sp³-hybridized carbons (Fsp3) is 0.0588. The van der Waals surface area contributed by atoms with Gasteiger partial charge in [0.05, 0.1) is 22.2 Å². The van der Waals surface area contributed by atoms with Crippen LogP contribution in [0.1, 0.15) is 5.56 Å². The van der Waals surface area contributed by atoms with Crippen molar-refractivity contribution >= 4 is 45.6 Å². The average molecular weight is 399 g/mol. The number of nitrogens with one attached hydrogen (secondary N) is 1. The van der Waals surface area contributed by atoms with Crippen molar-refractivity contribution in [2.45, 2.75) is 6.42 Å². The van der Waals surface area contributed by atoms with Gasteiger partial charge in [0.15, 0.2) is 16.8 Å². The van der Waals surface area contributed by atoms with Crippen LogP contribution in [-0.2, 0) is 11.2 Å². The molecule has 0 bridgehead atoms. The van der Waals surface area contributed by atoms with Crippen molar-refractivity contribution in [1.82, 2.24) is 4.98 Å². The molecular formula is C17H10Cl2F2N2OS. The molecule has 1 N–H and O–H groups in total. The average Bonchev–Trinajstić information content (AvgIpc) is 3.02. The first kappa shape index (κ1) is 17.8. The number of rotatable bonds is 4. The molecule has 0 aliphatic rings. The minimum absolute atomic E-state index is 0.108. The number of thiazole rings is 1. The van der Waals surface area contributed by atoms with E-state index < -0.39 is 11.6 Å². The highest BCUT2D eigenvalue weighted by Gasteiger charge is 2.11. The Morgan fingerprint density at radius 3 is 2.60 bits per heavy atom. The number of carbonyl (C=O) groups is 1. The topological polar surface area (TPSA) is 42.0 Å². The van der Waals surface area contributed by atoms with Crippen LogP contribution in [0.25, 0.3) is 11.3 Å². The summed E-state index contributed by atoms with van der Waals surface area (Å²) in [6, 6.07) is 8.48. The molecule has 2 aromatic carbocycles. The van der Waals surface area contributed by atoms with Crippen molar-refractivity contribution in [3.8, 4) is 11.3 Å². The second kappa shape index (κ2) is 7.47. The third-order valence-corrected chi connectivity index (χ3v) is 4.81. The van der Waals surface area contributed by atoms with Gasteiger partial charge >= 0.3 is 0 Å². The fourth-order valence-corrected chi connectivity index (χ4v) is 3.17. The molecule has 3 aromatic rings. The van der Waals surface area contributed by atoms with E-state index in [0.29, 0.717) is 32.0 Å². The summed E-state index contributed by atoms with van der Waals surface area (Å²) in [4.78, 5) is 16.3. The molecule has 1 amide bonds. The fourth-order valence-electron chi connectivity index (χ4n) is 2.12. The lowest BCUT2D eigenvalue weighted by atomic mass is 10.1. The number of anilines is 1. The molecule has 1 heterocycles. The maximum Gasteiger partial charge on any atom is 0.230 e. The zero-order chi connectivity index (χ0) is 18.0. The Labute approximate surface area is 156 Å². The summed E-state index contributed by atoms with van der Waals surface area (Å²) in [7, 11) is 0. The molecule has 0 spiro atoms. The van der Waals surface area contributed by atoms with E-state index in [9.17, 15) is 13.6 Å². The van der Waals surface area contributed by atoms with Gasteiger partial charge in [-0.05, 0) is 35.9 Å². The van der Waals surface area contributed by atoms with Crippen LogP contribution in [0, 0.1) is 11.6 Å². The minimum atomic E-state index is -0.948. The van der Waals surface area contributed by atoms with E-state index in [2.05, 4.69) is 10.3 Å². The van der Waals surface area contributed by atoms with Gasteiger partial charge in [-0.3, -0.25) is 4.79 Å². The predicted molar refractivity (Wildman–Crippen MR) is 96.3 cm³/mol. The molecule has 0 saturated carbocycles. The normalized spacial score (nSPS) is 10.7. The summed E-state index contributed by atoms with van der Waals surface area (Å²) in [5.74, 6) is -2.14. The maximum absolute atomic E-state index is 13.3. The van der Waals surface area contributed by atoms with Gasteiger partial charge < -0.3 is 5.32 Å². The van der Waals surface area contributed by atoms with E-state index in [1.165, 1.54) is 17.4 Å². The van der Waals surface area contributed by atoms with E-state index in [1.54, 1.807) is 23.6 Å². The molecule has 128 valence electrons. The number of aromatic nitrogens is 1. The van der Waals surface area contributed by atoms with Gasteiger partial charge in [-0.2, -0.15) is 0 Å². The van der Waals surface area contributed by atoms with Gasteiger partial charge in [0.1, 0.15) is 0 Å². The van der Waals surface area contributed by atoms with Gasteiger partial charge in [-0.1, -0.05) is 29.3 Å². The quantitative estimate of drug-likeness (QED) is 0.623. The van der Waals surface area contributed by atoms with Crippen LogP contribution in [0.3, 0.4) is 0 Å². The summed E-state index contributed by atoms with van der Waals surface area (Å²) in [6.07, 6.45) is 0.108. The number of halogens is 4. The number of amides is 1. The van der Waals surface area contributed by atoms with Crippen LogP contribution in [0.2, 0.25) is 10.0 Å². The molecule has 0 radical (unpaired) electrons. The zero-order valence-corrected chi connectivity index (χ0v) is 14.9. The van der Waals surface area contributed by atoms with Crippen molar-refractivity contribution in [3.63, 3.8) is 0 Å². The second-order valence-corrected chi connectivity index (χ2v) is 6.81. The summed E-state index contributed by atoms with van der Waals surface area (Å²) < 4.78 is 26.3. The highest BCUT2D eigenvalue weighted by atomic mass is 35.5. The highest BCUT2D eigenvalue weighted by molar-refractivity contribution is 7.14. The highest BCUT2D eigenvalue weighted by Crippen LogP contribution is 2.27. The molecule has 8 heteroatoms. The lowest BCUT2D eigenvalue weighted by Crippen LogP contribution is -2.14. The van der Waals surface area contributed by atoms with E-state index in [0.717, 1.165) is 12.1 Å². The van der Waals surface area contributed by atoms with E-state index in [1.807, 2.05) is 0 Å². The molecule has 0 aliphatic carbocycles. The van der Waals surface area contributed by atoms with E-state index >= 15 is 0 Å². The first-order valence-electron chi connectivity index (χ1n) is 7.07.